The summed E-state index contributed by atoms with van der Waals surface area (Å²) < 4.78 is 5.11. The first-order valence-corrected chi connectivity index (χ1v) is 5.95. The minimum atomic E-state index is 0.443. The van der Waals surface area contributed by atoms with Crippen molar-refractivity contribution in [2.24, 2.45) is 5.73 Å². The van der Waals surface area contributed by atoms with Gasteiger partial charge in [-0.15, -0.1) is 0 Å². The average molecular weight is 221 g/mol. The molecule has 0 amide bonds. The van der Waals surface area contributed by atoms with Crippen molar-refractivity contribution in [1.29, 1.82) is 0 Å². The topological polar surface area (TPSA) is 61.0 Å². The molecule has 4 heteroatoms. The second-order valence-corrected chi connectivity index (χ2v) is 4.31. The molecule has 88 valence electrons. The second kappa shape index (κ2) is 5.25. The van der Waals surface area contributed by atoms with Gasteiger partial charge < -0.3 is 10.5 Å². The minimum absolute atomic E-state index is 0.443. The number of nitrogens with zero attached hydrogens (tertiary/aromatic N) is 2. The lowest BCUT2D eigenvalue weighted by Crippen LogP contribution is -2.10. The van der Waals surface area contributed by atoms with Crippen LogP contribution in [0, 0.1) is 0 Å². The van der Waals surface area contributed by atoms with E-state index in [1.807, 2.05) is 6.07 Å². The van der Waals surface area contributed by atoms with Gasteiger partial charge in [0.15, 0.2) is 0 Å². The van der Waals surface area contributed by atoms with Crippen LogP contribution in [0.3, 0.4) is 0 Å². The van der Waals surface area contributed by atoms with E-state index in [9.17, 15) is 0 Å². The van der Waals surface area contributed by atoms with Crippen molar-refractivity contribution >= 4 is 0 Å². The van der Waals surface area contributed by atoms with E-state index in [2.05, 4.69) is 9.97 Å². The molecule has 0 aliphatic heterocycles. The second-order valence-electron chi connectivity index (χ2n) is 4.31. The van der Waals surface area contributed by atoms with Crippen LogP contribution in [0.1, 0.15) is 49.4 Å². The fourth-order valence-corrected chi connectivity index (χ4v) is 2.30. The molecule has 1 aliphatic carbocycles. The molecule has 1 aromatic heterocycles. The molecule has 16 heavy (non-hydrogen) atoms. The average Bonchev–Trinajstić information content (AvgIpc) is 2.39. The molecule has 1 aromatic rings. The summed E-state index contributed by atoms with van der Waals surface area (Å²) in [7, 11) is 1.60. The number of hydrogen-bond donors (Lipinski definition) is 1. The number of nitrogens with two attached hydrogens (primary N) is 1. The SMILES string of the molecule is COc1nc(CN)cc(C2CCCCC2)n1. The largest absolute Gasteiger partial charge is 0.467 e. The number of methoxy groups -OCH3 is 1. The van der Waals surface area contributed by atoms with Gasteiger partial charge in [-0.05, 0) is 18.9 Å². The normalized spacial score (nSPS) is 17.4. The zero-order valence-electron chi connectivity index (χ0n) is 9.78. The molecule has 1 aliphatic rings. The number of hydrogen-bond acceptors (Lipinski definition) is 4. The van der Waals surface area contributed by atoms with Crippen LogP contribution in [-0.4, -0.2) is 17.1 Å². The lowest BCUT2D eigenvalue weighted by molar-refractivity contribution is 0.369. The maximum absolute atomic E-state index is 5.63. The number of aromatic nitrogens is 2. The minimum Gasteiger partial charge on any atom is -0.467 e. The third-order valence-electron chi connectivity index (χ3n) is 3.19. The molecule has 1 heterocycles. The summed E-state index contributed by atoms with van der Waals surface area (Å²) in [4.78, 5) is 8.64. The summed E-state index contributed by atoms with van der Waals surface area (Å²) in [5.74, 6) is 0.566. The van der Waals surface area contributed by atoms with Gasteiger partial charge in [-0.3, -0.25) is 0 Å². The van der Waals surface area contributed by atoms with E-state index < -0.39 is 0 Å². The summed E-state index contributed by atoms with van der Waals surface area (Å²) in [6.45, 7) is 0.443. The Morgan fingerprint density at radius 2 is 2.06 bits per heavy atom. The summed E-state index contributed by atoms with van der Waals surface area (Å²) in [6.07, 6.45) is 6.40. The van der Waals surface area contributed by atoms with Crippen molar-refractivity contribution in [1.82, 2.24) is 9.97 Å². The first kappa shape index (κ1) is 11.3. The van der Waals surface area contributed by atoms with Gasteiger partial charge in [0.1, 0.15) is 0 Å². The fourth-order valence-electron chi connectivity index (χ4n) is 2.30. The molecule has 0 spiro atoms. The lowest BCUT2D eigenvalue weighted by atomic mass is 9.86. The van der Waals surface area contributed by atoms with Gasteiger partial charge in [0.05, 0.1) is 18.5 Å². The van der Waals surface area contributed by atoms with E-state index in [0.717, 1.165) is 11.4 Å². The Bertz CT molecular complexity index is 326. The Kier molecular flexibility index (Phi) is 3.72. The zero-order valence-corrected chi connectivity index (χ0v) is 9.78. The third-order valence-corrected chi connectivity index (χ3v) is 3.19. The first-order chi connectivity index (χ1) is 7.83. The molecular formula is C12H19N3O. The summed E-state index contributed by atoms with van der Waals surface area (Å²) in [6, 6.07) is 2.47. The van der Waals surface area contributed by atoms with Crippen molar-refractivity contribution in [3.05, 3.63) is 17.5 Å². The van der Waals surface area contributed by atoms with E-state index in [1.54, 1.807) is 7.11 Å². The maximum atomic E-state index is 5.63. The molecule has 0 atom stereocenters. The summed E-state index contributed by atoms with van der Waals surface area (Å²) in [5, 5.41) is 0. The molecule has 0 unspecified atom stereocenters. The van der Waals surface area contributed by atoms with Crippen LogP contribution in [0.2, 0.25) is 0 Å². The maximum Gasteiger partial charge on any atom is 0.316 e. The fraction of sp³-hybridized carbons (Fsp3) is 0.667. The van der Waals surface area contributed by atoms with Crippen molar-refractivity contribution in [2.75, 3.05) is 7.11 Å². The Morgan fingerprint density at radius 1 is 1.31 bits per heavy atom. The molecule has 4 nitrogen and oxygen atoms in total. The van der Waals surface area contributed by atoms with Crippen LogP contribution < -0.4 is 10.5 Å². The van der Waals surface area contributed by atoms with Crippen molar-refractivity contribution < 1.29 is 4.74 Å². The Balaban J connectivity index is 2.24. The van der Waals surface area contributed by atoms with Crippen LogP contribution in [-0.2, 0) is 6.54 Å². The summed E-state index contributed by atoms with van der Waals surface area (Å²) in [5.41, 5.74) is 7.60. The van der Waals surface area contributed by atoms with E-state index >= 15 is 0 Å². The van der Waals surface area contributed by atoms with E-state index in [0.29, 0.717) is 18.5 Å². The van der Waals surface area contributed by atoms with Crippen molar-refractivity contribution in [3.8, 4) is 6.01 Å². The molecule has 1 saturated carbocycles. The highest BCUT2D eigenvalue weighted by Crippen LogP contribution is 2.32. The summed E-state index contributed by atoms with van der Waals surface area (Å²) >= 11 is 0. The standard InChI is InChI=1S/C12H19N3O/c1-16-12-14-10(8-13)7-11(15-12)9-5-3-2-4-6-9/h7,9H,2-6,8,13H2,1H3. The molecule has 2 N–H and O–H groups in total. The first-order valence-electron chi connectivity index (χ1n) is 5.95. The smallest absolute Gasteiger partial charge is 0.316 e. The van der Waals surface area contributed by atoms with E-state index in [4.69, 9.17) is 10.5 Å². The highest BCUT2D eigenvalue weighted by molar-refractivity contribution is 5.17. The molecule has 0 radical (unpaired) electrons. The Hall–Kier alpha value is -1.16. The monoisotopic (exact) mass is 221 g/mol. The molecule has 0 bridgehead atoms. The number of rotatable bonds is 3. The molecule has 0 aromatic carbocycles. The van der Waals surface area contributed by atoms with Crippen molar-refractivity contribution in [2.45, 2.75) is 44.6 Å². The van der Waals surface area contributed by atoms with Crippen LogP contribution in [0.4, 0.5) is 0 Å². The Labute approximate surface area is 96.2 Å². The zero-order chi connectivity index (χ0) is 11.4. The predicted octanol–water partition coefficient (Wildman–Crippen LogP) is 1.99. The van der Waals surface area contributed by atoms with Gasteiger partial charge in [-0.2, -0.15) is 9.97 Å². The highest BCUT2D eigenvalue weighted by Gasteiger charge is 2.18. The Morgan fingerprint density at radius 3 is 2.69 bits per heavy atom. The molecule has 0 saturated heterocycles. The van der Waals surface area contributed by atoms with Gasteiger partial charge >= 0.3 is 6.01 Å². The van der Waals surface area contributed by atoms with E-state index in [1.165, 1.54) is 32.1 Å². The number of ether oxygens (including phenoxy) is 1. The quantitative estimate of drug-likeness (QED) is 0.848. The van der Waals surface area contributed by atoms with Gasteiger partial charge in [0, 0.05) is 12.5 Å². The van der Waals surface area contributed by atoms with Crippen LogP contribution in [0.25, 0.3) is 0 Å². The third kappa shape index (κ3) is 2.50. The van der Waals surface area contributed by atoms with Gasteiger partial charge in [0.2, 0.25) is 0 Å². The van der Waals surface area contributed by atoms with Crippen molar-refractivity contribution in [3.63, 3.8) is 0 Å². The van der Waals surface area contributed by atoms with Gasteiger partial charge in [-0.25, -0.2) is 0 Å². The highest BCUT2D eigenvalue weighted by atomic mass is 16.5. The van der Waals surface area contributed by atoms with Gasteiger partial charge in [-0.1, -0.05) is 19.3 Å². The molecule has 1 fully saturated rings. The van der Waals surface area contributed by atoms with Crippen LogP contribution in [0.15, 0.2) is 6.07 Å². The molecular weight excluding hydrogens is 202 g/mol. The lowest BCUT2D eigenvalue weighted by Gasteiger charge is -2.21. The van der Waals surface area contributed by atoms with Crippen LogP contribution in [0.5, 0.6) is 6.01 Å². The van der Waals surface area contributed by atoms with Crippen LogP contribution >= 0.6 is 0 Å². The predicted molar refractivity (Wildman–Crippen MR) is 62.3 cm³/mol. The van der Waals surface area contributed by atoms with Gasteiger partial charge in [0.25, 0.3) is 0 Å². The van der Waals surface area contributed by atoms with E-state index in [-0.39, 0.29) is 0 Å². The molecule has 2 rings (SSSR count).